The van der Waals surface area contributed by atoms with E-state index in [1.807, 2.05) is 0 Å². The summed E-state index contributed by atoms with van der Waals surface area (Å²) >= 11 is 0. The van der Waals surface area contributed by atoms with Gasteiger partial charge < -0.3 is 14.8 Å². The first-order valence-corrected chi connectivity index (χ1v) is 11.9. The van der Waals surface area contributed by atoms with Gasteiger partial charge in [0.25, 0.3) is 11.5 Å². The number of carbonyl (C=O) groups excluding carboxylic acids is 1. The third kappa shape index (κ3) is 4.84. The molecule has 190 valence electrons. The Kier molecular flexibility index (Phi) is 6.52. The van der Waals surface area contributed by atoms with E-state index in [2.05, 4.69) is 5.32 Å². The van der Waals surface area contributed by atoms with Crippen LogP contribution in [0.1, 0.15) is 34.3 Å². The number of nitrogens with one attached hydrogen (secondary N) is 1. The predicted molar refractivity (Wildman–Crippen MR) is 137 cm³/mol. The van der Waals surface area contributed by atoms with Crippen molar-refractivity contribution in [2.24, 2.45) is 0 Å². The lowest BCUT2D eigenvalue weighted by Gasteiger charge is -2.17. The molecule has 1 saturated carbocycles. The average Bonchev–Trinajstić information content (AvgIpc) is 3.73. The van der Waals surface area contributed by atoms with Gasteiger partial charge in [-0.25, -0.2) is 9.18 Å². The van der Waals surface area contributed by atoms with Crippen LogP contribution in [0.4, 0.5) is 4.39 Å². The second kappa shape index (κ2) is 9.93. The molecule has 9 heteroatoms. The molecule has 0 radical (unpaired) electrons. The Labute approximate surface area is 211 Å². The highest BCUT2D eigenvalue weighted by Gasteiger charge is 2.24. The van der Waals surface area contributed by atoms with Gasteiger partial charge in [-0.15, -0.1) is 0 Å². The fourth-order valence-electron chi connectivity index (χ4n) is 4.27. The zero-order chi connectivity index (χ0) is 26.1. The highest BCUT2D eigenvalue weighted by atomic mass is 19.1. The van der Waals surface area contributed by atoms with Gasteiger partial charge in [0.2, 0.25) is 0 Å². The van der Waals surface area contributed by atoms with Crippen LogP contribution >= 0.6 is 0 Å². The lowest BCUT2D eigenvalue weighted by molar-refractivity contribution is 0.0951. The summed E-state index contributed by atoms with van der Waals surface area (Å²) in [7, 11) is 2.91. The number of amides is 1. The van der Waals surface area contributed by atoms with E-state index in [1.165, 1.54) is 30.9 Å². The number of fused-ring (bicyclic) bond motifs is 1. The molecule has 0 saturated heterocycles. The van der Waals surface area contributed by atoms with Crippen molar-refractivity contribution in [3.8, 4) is 11.5 Å². The molecule has 0 aliphatic heterocycles. The van der Waals surface area contributed by atoms with Gasteiger partial charge in [0.1, 0.15) is 5.82 Å². The maximum absolute atomic E-state index is 14.5. The third-order valence-corrected chi connectivity index (χ3v) is 6.49. The Morgan fingerprint density at radius 3 is 2.27 bits per heavy atom. The number of ether oxygens (including phenoxy) is 2. The van der Waals surface area contributed by atoms with Gasteiger partial charge in [-0.1, -0.05) is 30.3 Å². The second-order valence-electron chi connectivity index (χ2n) is 9.02. The van der Waals surface area contributed by atoms with Crippen LogP contribution in [0, 0.1) is 5.82 Å². The number of halogens is 1. The molecule has 0 atom stereocenters. The van der Waals surface area contributed by atoms with E-state index in [-0.39, 0.29) is 30.4 Å². The maximum Gasteiger partial charge on any atom is 0.332 e. The van der Waals surface area contributed by atoms with Gasteiger partial charge in [0.15, 0.2) is 11.5 Å². The van der Waals surface area contributed by atoms with E-state index in [1.54, 1.807) is 48.5 Å². The standard InChI is InChI=1S/C28H26FN3O5/c1-36-24-13-21-23(14-25(24)37-2)31(16-19-5-3-4-6-22(19)29)28(35)32(27(21)34)15-17-7-9-18(10-8-17)26(33)30-20-11-12-20/h3-10,13-14,20H,11-12,15-16H2,1-2H3,(H,30,33). The molecule has 0 spiro atoms. The molecule has 8 nitrogen and oxygen atoms in total. The molecule has 1 fully saturated rings. The van der Waals surface area contributed by atoms with Crippen molar-refractivity contribution in [3.05, 3.63) is 104 Å². The summed E-state index contributed by atoms with van der Waals surface area (Å²) < 4.78 is 27.7. The molecule has 1 heterocycles. The Morgan fingerprint density at radius 1 is 0.946 bits per heavy atom. The average molecular weight is 504 g/mol. The van der Waals surface area contributed by atoms with Gasteiger partial charge in [0, 0.05) is 23.2 Å². The first-order valence-electron chi connectivity index (χ1n) is 11.9. The van der Waals surface area contributed by atoms with Crippen molar-refractivity contribution in [3.63, 3.8) is 0 Å². The number of methoxy groups -OCH3 is 2. The number of hydrogen-bond donors (Lipinski definition) is 1. The highest BCUT2D eigenvalue weighted by Crippen LogP contribution is 2.30. The van der Waals surface area contributed by atoms with Gasteiger partial charge in [-0.2, -0.15) is 0 Å². The number of aromatic nitrogens is 2. The molecule has 0 unspecified atom stereocenters. The Bertz CT molecular complexity index is 1600. The first kappa shape index (κ1) is 24.3. The smallest absolute Gasteiger partial charge is 0.332 e. The van der Waals surface area contributed by atoms with Crippen molar-refractivity contribution >= 4 is 16.8 Å². The van der Waals surface area contributed by atoms with E-state index in [4.69, 9.17) is 9.47 Å². The summed E-state index contributed by atoms with van der Waals surface area (Å²) in [5, 5.41) is 3.16. The van der Waals surface area contributed by atoms with Crippen LogP contribution in [-0.2, 0) is 13.1 Å². The monoisotopic (exact) mass is 503 g/mol. The van der Waals surface area contributed by atoms with Crippen molar-refractivity contribution in [1.82, 2.24) is 14.5 Å². The summed E-state index contributed by atoms with van der Waals surface area (Å²) in [6.45, 7) is -0.109. The molecule has 1 amide bonds. The SMILES string of the molecule is COc1cc2c(=O)n(Cc3ccc(C(=O)NC4CC4)cc3)c(=O)n(Cc3ccccc3F)c2cc1OC. The van der Waals surface area contributed by atoms with Crippen LogP contribution < -0.4 is 26.0 Å². The van der Waals surface area contributed by atoms with E-state index >= 15 is 0 Å². The predicted octanol–water partition coefficient (Wildman–Crippen LogP) is 3.31. The van der Waals surface area contributed by atoms with E-state index in [0.29, 0.717) is 33.7 Å². The fraction of sp³-hybridized carbons (Fsp3) is 0.250. The zero-order valence-electron chi connectivity index (χ0n) is 20.5. The van der Waals surface area contributed by atoms with Gasteiger partial charge in [-0.05, 0) is 42.7 Å². The van der Waals surface area contributed by atoms with Crippen molar-refractivity contribution in [2.45, 2.75) is 32.0 Å². The topological polar surface area (TPSA) is 91.6 Å². The Hall–Kier alpha value is -4.40. The number of nitrogens with zero attached hydrogens (tertiary/aromatic N) is 2. The molecular formula is C28H26FN3O5. The van der Waals surface area contributed by atoms with Gasteiger partial charge in [-0.3, -0.25) is 18.7 Å². The van der Waals surface area contributed by atoms with Crippen LogP contribution in [-0.4, -0.2) is 35.3 Å². The van der Waals surface area contributed by atoms with E-state index in [0.717, 1.165) is 17.4 Å². The third-order valence-electron chi connectivity index (χ3n) is 6.49. The van der Waals surface area contributed by atoms with Crippen molar-refractivity contribution in [1.29, 1.82) is 0 Å². The van der Waals surface area contributed by atoms with E-state index in [9.17, 15) is 18.8 Å². The lowest BCUT2D eigenvalue weighted by Crippen LogP contribution is -2.40. The molecule has 1 aromatic heterocycles. The molecule has 1 N–H and O–H groups in total. The van der Waals surface area contributed by atoms with Crippen LogP contribution in [0.25, 0.3) is 10.9 Å². The normalized spacial score (nSPS) is 12.9. The summed E-state index contributed by atoms with van der Waals surface area (Å²) in [6.07, 6.45) is 1.98. The maximum atomic E-state index is 14.5. The highest BCUT2D eigenvalue weighted by molar-refractivity contribution is 5.94. The van der Waals surface area contributed by atoms with Gasteiger partial charge in [0.05, 0.1) is 38.2 Å². The number of hydrogen-bond acceptors (Lipinski definition) is 5. The number of benzene rings is 3. The Morgan fingerprint density at radius 2 is 1.62 bits per heavy atom. The van der Waals surface area contributed by atoms with Gasteiger partial charge >= 0.3 is 5.69 Å². The minimum atomic E-state index is -0.594. The van der Waals surface area contributed by atoms with Crippen molar-refractivity contribution in [2.75, 3.05) is 14.2 Å². The zero-order valence-corrected chi connectivity index (χ0v) is 20.5. The van der Waals surface area contributed by atoms with Crippen molar-refractivity contribution < 1.29 is 18.7 Å². The molecule has 5 rings (SSSR count). The summed E-state index contributed by atoms with van der Waals surface area (Å²) in [5.41, 5.74) is 0.677. The molecule has 4 aromatic rings. The molecule has 37 heavy (non-hydrogen) atoms. The number of rotatable bonds is 8. The quantitative estimate of drug-likeness (QED) is 0.398. The summed E-state index contributed by atoms with van der Waals surface area (Å²) in [6, 6.07) is 16.3. The minimum Gasteiger partial charge on any atom is -0.493 e. The summed E-state index contributed by atoms with van der Waals surface area (Å²) in [4.78, 5) is 39.5. The van der Waals surface area contributed by atoms with Crippen LogP contribution in [0.15, 0.2) is 70.3 Å². The first-order chi connectivity index (χ1) is 17.9. The molecule has 1 aliphatic rings. The number of carbonyl (C=O) groups is 1. The van der Waals surface area contributed by atoms with E-state index < -0.39 is 17.1 Å². The van der Waals surface area contributed by atoms with Crippen LogP contribution in [0.3, 0.4) is 0 Å². The van der Waals surface area contributed by atoms with Crippen LogP contribution in [0.5, 0.6) is 11.5 Å². The summed E-state index contributed by atoms with van der Waals surface area (Å²) in [5.74, 6) is 0.0701. The molecule has 3 aromatic carbocycles. The largest absolute Gasteiger partial charge is 0.493 e. The molecular weight excluding hydrogens is 477 g/mol. The molecule has 0 bridgehead atoms. The lowest BCUT2D eigenvalue weighted by atomic mass is 10.1. The van der Waals surface area contributed by atoms with Crippen LogP contribution in [0.2, 0.25) is 0 Å². The fourth-order valence-corrected chi connectivity index (χ4v) is 4.27. The molecule has 1 aliphatic carbocycles. The Balaban J connectivity index is 1.60. The second-order valence-corrected chi connectivity index (χ2v) is 9.02. The minimum absolute atomic E-state index is 0.0241.